The molecular formula is C14H14Cl3NO3S. The second-order valence-corrected chi connectivity index (χ2v) is 6.45. The average molecular weight is 383 g/mol. The van der Waals surface area contributed by atoms with E-state index in [0.29, 0.717) is 40.6 Å². The maximum atomic E-state index is 12.2. The number of ether oxygens (including phenoxy) is 2. The van der Waals surface area contributed by atoms with Gasteiger partial charge in [0.2, 0.25) is 5.75 Å². The van der Waals surface area contributed by atoms with Crippen molar-refractivity contribution in [3.63, 3.8) is 0 Å². The molecule has 0 bridgehead atoms. The van der Waals surface area contributed by atoms with E-state index in [0.717, 1.165) is 6.42 Å². The zero-order chi connectivity index (χ0) is 16.1. The average Bonchev–Trinajstić information content (AvgIpc) is 2.82. The number of benzene rings is 1. The molecule has 1 aromatic heterocycles. The first-order valence-electron chi connectivity index (χ1n) is 6.62. The number of hydrogen-bond donors (Lipinski definition) is 0. The summed E-state index contributed by atoms with van der Waals surface area (Å²) in [7, 11) is 0. The van der Waals surface area contributed by atoms with Gasteiger partial charge >= 0.3 is 5.56 Å². The molecule has 0 aliphatic rings. The molecule has 0 fully saturated rings. The van der Waals surface area contributed by atoms with Gasteiger partial charge in [-0.3, -0.25) is 8.75 Å². The van der Waals surface area contributed by atoms with E-state index in [1.165, 1.54) is 23.7 Å². The zero-order valence-electron chi connectivity index (χ0n) is 11.8. The third kappa shape index (κ3) is 4.40. The second kappa shape index (κ2) is 8.22. The highest BCUT2D eigenvalue weighted by molar-refractivity contribution is 7.04. The van der Waals surface area contributed by atoms with Crippen molar-refractivity contribution in [2.45, 2.75) is 19.9 Å². The molecule has 0 amide bonds. The predicted molar refractivity (Wildman–Crippen MR) is 91.2 cm³/mol. The van der Waals surface area contributed by atoms with Gasteiger partial charge in [0.1, 0.15) is 5.75 Å². The largest absolute Gasteiger partial charge is 0.449 e. The normalized spacial score (nSPS) is 10.9. The third-order valence-electron chi connectivity index (χ3n) is 2.77. The number of nitrogens with zero attached hydrogens (tertiary/aromatic N) is 1. The van der Waals surface area contributed by atoms with Crippen LogP contribution in [0.4, 0.5) is 0 Å². The quantitative estimate of drug-likeness (QED) is 0.495. The van der Waals surface area contributed by atoms with Gasteiger partial charge in [0, 0.05) is 25.8 Å². The lowest BCUT2D eigenvalue weighted by molar-refractivity contribution is 0.142. The van der Waals surface area contributed by atoms with Crippen molar-refractivity contribution in [3.05, 3.63) is 42.9 Å². The lowest BCUT2D eigenvalue weighted by atomic mass is 10.3. The first kappa shape index (κ1) is 17.6. The maximum absolute atomic E-state index is 12.2. The van der Waals surface area contributed by atoms with E-state index in [4.69, 9.17) is 44.3 Å². The highest BCUT2D eigenvalue weighted by atomic mass is 35.5. The third-order valence-corrected chi connectivity index (χ3v) is 4.71. The molecule has 2 rings (SSSR count). The van der Waals surface area contributed by atoms with Crippen molar-refractivity contribution in [1.29, 1.82) is 0 Å². The molecule has 0 N–H and O–H groups in total. The first-order chi connectivity index (χ1) is 10.5. The molecule has 8 heteroatoms. The van der Waals surface area contributed by atoms with E-state index >= 15 is 0 Å². The van der Waals surface area contributed by atoms with Gasteiger partial charge in [0.15, 0.2) is 0 Å². The van der Waals surface area contributed by atoms with Crippen LogP contribution in [0.1, 0.15) is 13.3 Å². The van der Waals surface area contributed by atoms with Crippen LogP contribution in [0.25, 0.3) is 0 Å². The van der Waals surface area contributed by atoms with Crippen LogP contribution in [0, 0.1) is 0 Å². The Bertz CT molecular complexity index is 699. The van der Waals surface area contributed by atoms with Crippen LogP contribution in [0.2, 0.25) is 15.1 Å². The van der Waals surface area contributed by atoms with Crippen LogP contribution >= 0.6 is 46.3 Å². The molecule has 22 heavy (non-hydrogen) atoms. The Balaban J connectivity index is 2.10. The summed E-state index contributed by atoms with van der Waals surface area (Å²) < 4.78 is 12.4. The number of aryl methyl sites for hydroxylation is 1. The van der Waals surface area contributed by atoms with E-state index in [1.54, 1.807) is 9.34 Å². The van der Waals surface area contributed by atoms with Crippen molar-refractivity contribution >= 4 is 46.3 Å². The Hall–Kier alpha value is -0.720. The molecule has 0 atom stereocenters. The molecule has 0 saturated heterocycles. The standard InChI is InChI=1S/C14H14Cl3NO3S/c1-2-20-5-3-4-18-14(19)13(8-22-18)21-12-7-10(16)9(15)6-11(12)17/h6-8H,2-5H2,1H3. The summed E-state index contributed by atoms with van der Waals surface area (Å²) >= 11 is 19.1. The Morgan fingerprint density at radius 3 is 2.59 bits per heavy atom. The van der Waals surface area contributed by atoms with Gasteiger partial charge in [-0.2, -0.15) is 0 Å². The summed E-state index contributed by atoms with van der Waals surface area (Å²) in [6, 6.07) is 2.97. The lowest BCUT2D eigenvalue weighted by Crippen LogP contribution is -2.15. The van der Waals surface area contributed by atoms with Gasteiger partial charge in [-0.25, -0.2) is 0 Å². The molecule has 0 spiro atoms. The van der Waals surface area contributed by atoms with Gasteiger partial charge in [-0.15, -0.1) is 0 Å². The van der Waals surface area contributed by atoms with E-state index in [-0.39, 0.29) is 11.3 Å². The molecule has 0 aliphatic heterocycles. The van der Waals surface area contributed by atoms with Crippen molar-refractivity contribution in [3.8, 4) is 11.5 Å². The van der Waals surface area contributed by atoms with Crippen molar-refractivity contribution in [2.24, 2.45) is 0 Å². The molecule has 120 valence electrons. The molecule has 1 heterocycles. The van der Waals surface area contributed by atoms with Gasteiger partial charge in [0.05, 0.1) is 20.4 Å². The molecule has 1 aromatic carbocycles. The van der Waals surface area contributed by atoms with Crippen LogP contribution in [0.3, 0.4) is 0 Å². The summed E-state index contributed by atoms with van der Waals surface area (Å²) in [6.45, 7) is 3.81. The number of hydrogen-bond acceptors (Lipinski definition) is 4. The van der Waals surface area contributed by atoms with Gasteiger partial charge in [-0.1, -0.05) is 46.3 Å². The smallest absolute Gasteiger partial charge is 0.303 e. The summed E-state index contributed by atoms with van der Waals surface area (Å²) in [5.41, 5.74) is -0.205. The van der Waals surface area contributed by atoms with Crippen LogP contribution in [0.5, 0.6) is 11.5 Å². The van der Waals surface area contributed by atoms with Crippen molar-refractivity contribution in [1.82, 2.24) is 3.96 Å². The highest BCUT2D eigenvalue weighted by Crippen LogP contribution is 2.35. The monoisotopic (exact) mass is 381 g/mol. The Labute approximate surface area is 147 Å². The topological polar surface area (TPSA) is 40.5 Å². The zero-order valence-corrected chi connectivity index (χ0v) is 14.9. The van der Waals surface area contributed by atoms with Crippen LogP contribution < -0.4 is 10.3 Å². The van der Waals surface area contributed by atoms with E-state index in [1.807, 2.05) is 6.92 Å². The second-order valence-electron chi connectivity index (χ2n) is 4.34. The SMILES string of the molecule is CCOCCCn1scc(Oc2cc(Cl)c(Cl)cc2Cl)c1=O. The van der Waals surface area contributed by atoms with Crippen molar-refractivity contribution < 1.29 is 9.47 Å². The Kier molecular flexibility index (Phi) is 6.59. The molecule has 0 aliphatic carbocycles. The fourth-order valence-corrected chi connectivity index (χ4v) is 3.08. The highest BCUT2D eigenvalue weighted by Gasteiger charge is 2.13. The van der Waals surface area contributed by atoms with E-state index in [9.17, 15) is 4.79 Å². The van der Waals surface area contributed by atoms with Crippen LogP contribution in [-0.2, 0) is 11.3 Å². The van der Waals surface area contributed by atoms with Gasteiger partial charge in [0.25, 0.3) is 0 Å². The predicted octanol–water partition coefficient (Wildman–Crippen LogP) is 5.09. The molecule has 0 saturated carbocycles. The first-order valence-corrected chi connectivity index (χ1v) is 8.59. The Morgan fingerprint density at radius 1 is 1.14 bits per heavy atom. The fraction of sp³-hybridized carbons (Fsp3) is 0.357. The number of rotatable bonds is 7. The Morgan fingerprint density at radius 2 is 1.86 bits per heavy atom. The molecular weight excluding hydrogens is 369 g/mol. The van der Waals surface area contributed by atoms with E-state index < -0.39 is 0 Å². The summed E-state index contributed by atoms with van der Waals surface area (Å²) in [5, 5.41) is 2.58. The molecule has 2 aromatic rings. The van der Waals surface area contributed by atoms with Gasteiger partial charge < -0.3 is 9.47 Å². The van der Waals surface area contributed by atoms with Crippen LogP contribution in [-0.4, -0.2) is 17.2 Å². The molecule has 0 unspecified atom stereocenters. The minimum absolute atomic E-state index is 0.205. The summed E-state index contributed by atoms with van der Waals surface area (Å²) in [4.78, 5) is 12.2. The molecule has 0 radical (unpaired) electrons. The minimum atomic E-state index is -0.205. The number of halogens is 3. The molecule has 4 nitrogen and oxygen atoms in total. The summed E-state index contributed by atoms with van der Waals surface area (Å²) in [6.07, 6.45) is 0.765. The summed E-state index contributed by atoms with van der Waals surface area (Å²) in [5.74, 6) is 0.508. The maximum Gasteiger partial charge on any atom is 0.303 e. The number of aromatic nitrogens is 1. The fourth-order valence-electron chi connectivity index (χ4n) is 1.71. The van der Waals surface area contributed by atoms with Gasteiger partial charge in [-0.05, 0) is 19.4 Å². The van der Waals surface area contributed by atoms with Crippen molar-refractivity contribution in [2.75, 3.05) is 13.2 Å². The van der Waals surface area contributed by atoms with E-state index in [2.05, 4.69) is 0 Å². The minimum Gasteiger partial charge on any atom is -0.449 e. The lowest BCUT2D eigenvalue weighted by Gasteiger charge is -2.06. The van der Waals surface area contributed by atoms with Crippen LogP contribution in [0.15, 0.2) is 22.3 Å².